The van der Waals surface area contributed by atoms with Crippen LogP contribution in [0.2, 0.25) is 5.02 Å². The molecule has 1 aromatic heterocycles. The summed E-state index contributed by atoms with van der Waals surface area (Å²) in [4.78, 5) is 9.53. The van der Waals surface area contributed by atoms with Gasteiger partial charge in [0.05, 0.1) is 10.7 Å². The minimum Gasteiger partial charge on any atom is -0.353 e. The molecule has 1 fully saturated rings. The van der Waals surface area contributed by atoms with Crippen molar-refractivity contribution in [2.24, 2.45) is 0 Å². The van der Waals surface area contributed by atoms with E-state index in [2.05, 4.69) is 42.9 Å². The van der Waals surface area contributed by atoms with Crippen molar-refractivity contribution in [1.82, 2.24) is 15.2 Å². The molecule has 1 N–H and O–H groups in total. The number of aromatic nitrogens is 1. The quantitative estimate of drug-likeness (QED) is 0.924. The van der Waals surface area contributed by atoms with Crippen molar-refractivity contribution >= 4 is 17.4 Å². The maximum absolute atomic E-state index is 6.22. The Kier molecular flexibility index (Phi) is 5.24. The van der Waals surface area contributed by atoms with Gasteiger partial charge in [0.1, 0.15) is 5.82 Å². The van der Waals surface area contributed by atoms with Crippen LogP contribution in [-0.2, 0) is 6.54 Å². The van der Waals surface area contributed by atoms with Crippen molar-refractivity contribution in [2.45, 2.75) is 39.4 Å². The number of likely N-dealkylation sites (N-methyl/N-ethyl adjacent to an activating group) is 1. The summed E-state index contributed by atoms with van der Waals surface area (Å²) in [5, 5.41) is 4.03. The Morgan fingerprint density at radius 2 is 1.95 bits per heavy atom. The molecule has 2 atom stereocenters. The van der Waals surface area contributed by atoms with Gasteiger partial charge >= 0.3 is 0 Å². The monoisotopic (exact) mass is 296 g/mol. The Balaban J connectivity index is 2.16. The van der Waals surface area contributed by atoms with Crippen LogP contribution in [0.4, 0.5) is 5.82 Å². The number of nitrogens with zero attached hydrogens (tertiary/aromatic N) is 3. The van der Waals surface area contributed by atoms with Crippen LogP contribution in [0.25, 0.3) is 0 Å². The van der Waals surface area contributed by atoms with E-state index in [-0.39, 0.29) is 0 Å². The lowest BCUT2D eigenvalue weighted by Crippen LogP contribution is -2.55. The van der Waals surface area contributed by atoms with Crippen molar-refractivity contribution in [3.05, 3.63) is 22.8 Å². The predicted molar refractivity (Wildman–Crippen MR) is 85.5 cm³/mol. The first kappa shape index (κ1) is 15.5. The largest absolute Gasteiger partial charge is 0.353 e. The molecule has 1 aromatic rings. The van der Waals surface area contributed by atoms with Gasteiger partial charge < -0.3 is 10.2 Å². The fourth-order valence-corrected chi connectivity index (χ4v) is 2.78. The van der Waals surface area contributed by atoms with E-state index in [0.29, 0.717) is 12.1 Å². The third-order valence-corrected chi connectivity index (χ3v) is 4.47. The number of anilines is 1. The number of pyridine rings is 1. The summed E-state index contributed by atoms with van der Waals surface area (Å²) in [6.45, 7) is 10.3. The van der Waals surface area contributed by atoms with Crippen LogP contribution < -0.4 is 10.2 Å². The Bertz CT molecular complexity index is 439. The SMILES string of the molecule is CCNCc1nc(N2CC(C)N(C)C(C)C2)ccc1Cl. The zero-order valence-corrected chi connectivity index (χ0v) is 13.6. The van der Waals surface area contributed by atoms with Gasteiger partial charge in [0.25, 0.3) is 0 Å². The van der Waals surface area contributed by atoms with Gasteiger partial charge in [0.2, 0.25) is 0 Å². The third kappa shape index (κ3) is 3.43. The second-order valence-electron chi connectivity index (χ2n) is 5.65. The Morgan fingerprint density at radius 3 is 2.55 bits per heavy atom. The van der Waals surface area contributed by atoms with Gasteiger partial charge in [-0.15, -0.1) is 0 Å². The van der Waals surface area contributed by atoms with Crippen LogP contribution in [0.1, 0.15) is 26.5 Å². The normalized spacial score (nSPS) is 24.1. The van der Waals surface area contributed by atoms with Crippen molar-refractivity contribution in [3.8, 4) is 0 Å². The number of piperazine rings is 1. The Morgan fingerprint density at radius 1 is 1.30 bits per heavy atom. The lowest BCUT2D eigenvalue weighted by Gasteiger charge is -2.43. The molecule has 0 radical (unpaired) electrons. The number of rotatable bonds is 4. The molecule has 0 spiro atoms. The highest BCUT2D eigenvalue weighted by Crippen LogP contribution is 2.23. The zero-order chi connectivity index (χ0) is 14.7. The highest BCUT2D eigenvalue weighted by molar-refractivity contribution is 6.31. The first-order valence-corrected chi connectivity index (χ1v) is 7.73. The molecule has 112 valence electrons. The van der Waals surface area contributed by atoms with Crippen LogP contribution in [0.3, 0.4) is 0 Å². The van der Waals surface area contributed by atoms with Gasteiger partial charge in [-0.25, -0.2) is 4.98 Å². The first-order chi connectivity index (χ1) is 9.52. The average Bonchev–Trinajstić information content (AvgIpc) is 2.43. The van der Waals surface area contributed by atoms with E-state index in [1.165, 1.54) is 0 Å². The second-order valence-corrected chi connectivity index (χ2v) is 6.05. The average molecular weight is 297 g/mol. The molecular formula is C15H25ClN4. The molecule has 0 aliphatic carbocycles. The van der Waals surface area contributed by atoms with Crippen molar-refractivity contribution in [3.63, 3.8) is 0 Å². The summed E-state index contributed by atoms with van der Waals surface area (Å²) < 4.78 is 0. The van der Waals surface area contributed by atoms with E-state index in [9.17, 15) is 0 Å². The van der Waals surface area contributed by atoms with Crippen LogP contribution in [0.15, 0.2) is 12.1 Å². The summed E-state index contributed by atoms with van der Waals surface area (Å²) in [5.41, 5.74) is 0.935. The maximum atomic E-state index is 6.22. The van der Waals surface area contributed by atoms with E-state index in [1.54, 1.807) is 0 Å². The van der Waals surface area contributed by atoms with Gasteiger partial charge in [-0.1, -0.05) is 18.5 Å². The van der Waals surface area contributed by atoms with Gasteiger partial charge in [0, 0.05) is 31.7 Å². The van der Waals surface area contributed by atoms with Gasteiger partial charge in [0.15, 0.2) is 0 Å². The van der Waals surface area contributed by atoms with Crippen LogP contribution in [0, 0.1) is 0 Å². The molecule has 1 aliphatic rings. The number of nitrogens with one attached hydrogen (secondary N) is 1. The predicted octanol–water partition coefficient (Wildman–Crippen LogP) is 2.37. The van der Waals surface area contributed by atoms with E-state index in [4.69, 9.17) is 16.6 Å². The summed E-state index contributed by atoms with van der Waals surface area (Å²) in [5.74, 6) is 1.04. The third-order valence-electron chi connectivity index (χ3n) is 4.13. The highest BCUT2D eigenvalue weighted by Gasteiger charge is 2.27. The lowest BCUT2D eigenvalue weighted by atomic mass is 10.1. The van der Waals surface area contributed by atoms with Crippen molar-refractivity contribution in [2.75, 3.05) is 31.6 Å². The van der Waals surface area contributed by atoms with Crippen LogP contribution in [0.5, 0.6) is 0 Å². The number of hydrogen-bond donors (Lipinski definition) is 1. The lowest BCUT2D eigenvalue weighted by molar-refractivity contribution is 0.169. The molecule has 5 heteroatoms. The molecule has 2 heterocycles. The highest BCUT2D eigenvalue weighted by atomic mass is 35.5. The van der Waals surface area contributed by atoms with Gasteiger partial charge in [-0.3, -0.25) is 4.90 Å². The van der Waals surface area contributed by atoms with E-state index >= 15 is 0 Å². The second kappa shape index (κ2) is 6.74. The molecule has 2 rings (SSSR count). The van der Waals surface area contributed by atoms with Crippen LogP contribution in [-0.4, -0.2) is 48.6 Å². The van der Waals surface area contributed by atoms with Crippen molar-refractivity contribution < 1.29 is 0 Å². The first-order valence-electron chi connectivity index (χ1n) is 7.36. The molecule has 0 amide bonds. The van der Waals surface area contributed by atoms with E-state index < -0.39 is 0 Å². The molecule has 2 unspecified atom stereocenters. The molecule has 1 aliphatic heterocycles. The fourth-order valence-electron chi connectivity index (χ4n) is 2.61. The van der Waals surface area contributed by atoms with Gasteiger partial charge in [-0.2, -0.15) is 0 Å². The molecular weight excluding hydrogens is 272 g/mol. The number of hydrogen-bond acceptors (Lipinski definition) is 4. The minimum absolute atomic E-state index is 0.536. The summed E-state index contributed by atoms with van der Waals surface area (Å²) in [7, 11) is 2.19. The van der Waals surface area contributed by atoms with E-state index in [1.807, 2.05) is 12.1 Å². The van der Waals surface area contributed by atoms with E-state index in [0.717, 1.165) is 42.7 Å². The smallest absolute Gasteiger partial charge is 0.129 e. The minimum atomic E-state index is 0.536. The Labute approximate surface area is 127 Å². The fraction of sp³-hybridized carbons (Fsp3) is 0.667. The Hall–Kier alpha value is -0.840. The molecule has 0 aromatic carbocycles. The van der Waals surface area contributed by atoms with Gasteiger partial charge in [-0.05, 0) is 39.6 Å². The topological polar surface area (TPSA) is 31.4 Å². The zero-order valence-electron chi connectivity index (χ0n) is 12.9. The molecule has 4 nitrogen and oxygen atoms in total. The standard InChI is InChI=1S/C15H25ClN4/c1-5-17-8-14-13(16)6-7-15(18-14)20-9-11(2)19(4)12(3)10-20/h6-7,11-12,17H,5,8-10H2,1-4H3. The maximum Gasteiger partial charge on any atom is 0.129 e. The molecule has 0 saturated carbocycles. The molecule has 0 bridgehead atoms. The molecule has 1 saturated heterocycles. The van der Waals surface area contributed by atoms with Crippen molar-refractivity contribution in [1.29, 1.82) is 0 Å². The number of halogens is 1. The summed E-state index contributed by atoms with van der Waals surface area (Å²) in [6, 6.07) is 5.06. The molecule has 20 heavy (non-hydrogen) atoms. The summed E-state index contributed by atoms with van der Waals surface area (Å²) >= 11 is 6.22. The van der Waals surface area contributed by atoms with Crippen LogP contribution >= 0.6 is 11.6 Å². The summed E-state index contributed by atoms with van der Waals surface area (Å²) in [6.07, 6.45) is 0.